The summed E-state index contributed by atoms with van der Waals surface area (Å²) < 4.78 is 0. The third kappa shape index (κ3) is 2.71. The molecule has 1 aliphatic heterocycles. The molecule has 0 bridgehead atoms. The fourth-order valence-electron chi connectivity index (χ4n) is 3.76. The van der Waals surface area contributed by atoms with Crippen molar-refractivity contribution in [3.05, 3.63) is 47.5 Å². The number of nitrogens with one attached hydrogen (secondary N) is 2. The van der Waals surface area contributed by atoms with Crippen LogP contribution in [0.15, 0.2) is 30.3 Å². The van der Waals surface area contributed by atoms with Crippen molar-refractivity contribution in [2.75, 3.05) is 13.1 Å². The number of imidazole rings is 1. The van der Waals surface area contributed by atoms with Crippen LogP contribution in [0.25, 0.3) is 11.0 Å². The zero-order valence-corrected chi connectivity index (χ0v) is 14.0. The molecular weight excluding hydrogens is 314 g/mol. The molecule has 0 spiro atoms. The normalized spacial score (nSPS) is 21.0. The molecular formula is C19H21N5O. The molecule has 6 nitrogen and oxygen atoms in total. The standard InChI is InChI=1S/C19H21N5O/c25-19(17-10-16(22-23-17)12-7-8-12)24-9-3-4-13(11-24)18-20-14-5-1-2-6-15(14)21-18/h1-2,5-6,10,12-13H,3-4,7-9,11H2,(H,20,21)(H,22,23)/t13-/m0/s1. The number of aromatic amines is 2. The van der Waals surface area contributed by atoms with Gasteiger partial charge in [-0.2, -0.15) is 5.10 Å². The molecule has 3 heterocycles. The van der Waals surface area contributed by atoms with Gasteiger partial charge in [0, 0.05) is 30.6 Å². The molecule has 2 aromatic heterocycles. The number of para-hydroxylation sites is 2. The van der Waals surface area contributed by atoms with Crippen LogP contribution in [0, 0.1) is 0 Å². The van der Waals surface area contributed by atoms with Gasteiger partial charge >= 0.3 is 0 Å². The molecule has 1 saturated heterocycles. The molecule has 2 aliphatic rings. The van der Waals surface area contributed by atoms with Crippen molar-refractivity contribution >= 4 is 16.9 Å². The lowest BCUT2D eigenvalue weighted by Crippen LogP contribution is -2.39. The molecule has 3 aromatic rings. The molecule has 5 rings (SSSR count). The summed E-state index contributed by atoms with van der Waals surface area (Å²) in [6.45, 7) is 1.49. The van der Waals surface area contributed by atoms with Crippen LogP contribution in [0.5, 0.6) is 0 Å². The lowest BCUT2D eigenvalue weighted by Gasteiger charge is -2.31. The Bertz CT molecular complexity index is 890. The van der Waals surface area contributed by atoms with E-state index in [0.717, 1.165) is 41.9 Å². The fraction of sp³-hybridized carbons (Fsp3) is 0.421. The lowest BCUT2D eigenvalue weighted by molar-refractivity contribution is 0.0699. The first-order chi connectivity index (χ1) is 12.3. The van der Waals surface area contributed by atoms with E-state index >= 15 is 0 Å². The van der Waals surface area contributed by atoms with Crippen LogP contribution in [0.3, 0.4) is 0 Å². The molecule has 1 saturated carbocycles. The summed E-state index contributed by atoms with van der Waals surface area (Å²) in [4.78, 5) is 22.9. The van der Waals surface area contributed by atoms with Gasteiger partial charge < -0.3 is 9.88 Å². The Morgan fingerprint density at radius 1 is 1.16 bits per heavy atom. The smallest absolute Gasteiger partial charge is 0.274 e. The number of fused-ring (bicyclic) bond motifs is 1. The molecule has 1 amide bonds. The lowest BCUT2D eigenvalue weighted by atomic mass is 9.97. The number of hydrogen-bond donors (Lipinski definition) is 2. The summed E-state index contributed by atoms with van der Waals surface area (Å²) in [5, 5.41) is 7.28. The second-order valence-electron chi connectivity index (χ2n) is 7.21. The zero-order valence-electron chi connectivity index (χ0n) is 14.0. The number of piperidine rings is 1. The topological polar surface area (TPSA) is 77.7 Å². The maximum Gasteiger partial charge on any atom is 0.274 e. The molecule has 1 aromatic carbocycles. The highest BCUT2D eigenvalue weighted by atomic mass is 16.2. The van der Waals surface area contributed by atoms with Crippen molar-refractivity contribution in [2.24, 2.45) is 0 Å². The Morgan fingerprint density at radius 3 is 2.88 bits per heavy atom. The summed E-state index contributed by atoms with van der Waals surface area (Å²) in [7, 11) is 0. The summed E-state index contributed by atoms with van der Waals surface area (Å²) in [5.74, 6) is 1.86. The van der Waals surface area contributed by atoms with Gasteiger partial charge in [0.2, 0.25) is 0 Å². The minimum atomic E-state index is 0.0314. The number of carbonyl (C=O) groups is 1. The Labute approximate surface area is 145 Å². The molecule has 0 radical (unpaired) electrons. The van der Waals surface area contributed by atoms with Crippen LogP contribution < -0.4 is 0 Å². The van der Waals surface area contributed by atoms with Gasteiger partial charge in [-0.15, -0.1) is 0 Å². The second kappa shape index (κ2) is 5.72. The van der Waals surface area contributed by atoms with E-state index in [2.05, 4.69) is 15.2 Å². The molecule has 128 valence electrons. The van der Waals surface area contributed by atoms with Crippen molar-refractivity contribution in [1.29, 1.82) is 0 Å². The molecule has 0 unspecified atom stereocenters. The van der Waals surface area contributed by atoms with Crippen molar-refractivity contribution in [3.63, 3.8) is 0 Å². The van der Waals surface area contributed by atoms with Crippen molar-refractivity contribution < 1.29 is 4.79 Å². The number of hydrogen-bond acceptors (Lipinski definition) is 3. The van der Waals surface area contributed by atoms with Gasteiger partial charge in [-0.05, 0) is 43.9 Å². The summed E-state index contributed by atoms with van der Waals surface area (Å²) in [5.41, 5.74) is 3.70. The van der Waals surface area contributed by atoms with E-state index in [4.69, 9.17) is 4.98 Å². The SMILES string of the molecule is O=C(c1cc(C2CC2)[nH]n1)N1CCC[C@H](c2nc3ccccc3[nH]2)C1. The largest absolute Gasteiger partial charge is 0.342 e. The monoisotopic (exact) mass is 335 g/mol. The van der Waals surface area contributed by atoms with Crippen molar-refractivity contribution in [3.8, 4) is 0 Å². The number of amides is 1. The van der Waals surface area contributed by atoms with Crippen LogP contribution in [-0.4, -0.2) is 44.1 Å². The van der Waals surface area contributed by atoms with Gasteiger partial charge in [-0.3, -0.25) is 9.89 Å². The minimum absolute atomic E-state index is 0.0314. The maximum absolute atomic E-state index is 12.8. The van der Waals surface area contributed by atoms with Gasteiger partial charge in [0.15, 0.2) is 0 Å². The van der Waals surface area contributed by atoms with Crippen molar-refractivity contribution in [2.45, 2.75) is 37.5 Å². The summed E-state index contributed by atoms with van der Waals surface area (Å²) in [6, 6.07) is 10.0. The number of carbonyl (C=O) groups excluding carboxylic acids is 1. The highest BCUT2D eigenvalue weighted by Crippen LogP contribution is 2.39. The highest BCUT2D eigenvalue weighted by molar-refractivity contribution is 5.92. The third-order valence-electron chi connectivity index (χ3n) is 5.34. The quantitative estimate of drug-likeness (QED) is 0.771. The average molecular weight is 335 g/mol. The van der Waals surface area contributed by atoms with Crippen LogP contribution in [0.1, 0.15) is 59.5 Å². The first kappa shape index (κ1) is 14.7. The molecule has 6 heteroatoms. The van der Waals surface area contributed by atoms with E-state index < -0.39 is 0 Å². The Hall–Kier alpha value is -2.63. The first-order valence-electron chi connectivity index (χ1n) is 9.07. The van der Waals surface area contributed by atoms with Gasteiger partial charge in [-0.1, -0.05) is 12.1 Å². The number of benzene rings is 1. The number of nitrogens with zero attached hydrogens (tertiary/aromatic N) is 3. The molecule has 2 fully saturated rings. The number of H-pyrrole nitrogens is 2. The van der Waals surface area contributed by atoms with Crippen molar-refractivity contribution in [1.82, 2.24) is 25.1 Å². The van der Waals surface area contributed by atoms with Gasteiger partial charge in [0.1, 0.15) is 11.5 Å². The third-order valence-corrected chi connectivity index (χ3v) is 5.34. The molecule has 2 N–H and O–H groups in total. The van der Waals surface area contributed by atoms with E-state index in [1.165, 1.54) is 12.8 Å². The zero-order chi connectivity index (χ0) is 16.8. The Morgan fingerprint density at radius 2 is 2.04 bits per heavy atom. The molecule has 1 aliphatic carbocycles. The number of aromatic nitrogens is 4. The molecule has 25 heavy (non-hydrogen) atoms. The highest BCUT2D eigenvalue weighted by Gasteiger charge is 2.30. The van der Waals surface area contributed by atoms with E-state index in [-0.39, 0.29) is 11.8 Å². The fourth-order valence-corrected chi connectivity index (χ4v) is 3.76. The summed E-state index contributed by atoms with van der Waals surface area (Å²) >= 11 is 0. The predicted molar refractivity (Wildman–Crippen MR) is 94.5 cm³/mol. The van der Waals surface area contributed by atoms with Gasteiger partial charge in [-0.25, -0.2) is 4.98 Å². The summed E-state index contributed by atoms with van der Waals surface area (Å²) in [6.07, 6.45) is 4.45. The Balaban J connectivity index is 1.35. The van der Waals surface area contributed by atoms with Crippen LogP contribution in [0.2, 0.25) is 0 Å². The number of likely N-dealkylation sites (tertiary alicyclic amines) is 1. The van der Waals surface area contributed by atoms with Crippen LogP contribution in [-0.2, 0) is 0 Å². The second-order valence-corrected chi connectivity index (χ2v) is 7.21. The predicted octanol–water partition coefficient (Wildman–Crippen LogP) is 3.18. The minimum Gasteiger partial charge on any atom is -0.342 e. The van der Waals surface area contributed by atoms with Crippen LogP contribution >= 0.6 is 0 Å². The van der Waals surface area contributed by atoms with E-state index in [1.54, 1.807) is 0 Å². The number of rotatable bonds is 3. The average Bonchev–Trinajstić information content (AvgIpc) is 3.22. The van der Waals surface area contributed by atoms with E-state index in [1.807, 2.05) is 35.2 Å². The van der Waals surface area contributed by atoms with E-state index in [9.17, 15) is 4.79 Å². The maximum atomic E-state index is 12.8. The van der Waals surface area contributed by atoms with E-state index in [0.29, 0.717) is 18.2 Å². The van der Waals surface area contributed by atoms with Crippen LogP contribution in [0.4, 0.5) is 0 Å². The van der Waals surface area contributed by atoms with Gasteiger partial charge in [0.05, 0.1) is 11.0 Å². The van der Waals surface area contributed by atoms with Gasteiger partial charge in [0.25, 0.3) is 5.91 Å². The Kier molecular flexibility index (Phi) is 3.36. The molecule has 1 atom stereocenters. The first-order valence-corrected chi connectivity index (χ1v) is 9.07.